The number of hydrogen-bond acceptors (Lipinski definition) is 1. The lowest BCUT2D eigenvalue weighted by Gasteiger charge is -2.41. The molecule has 2 rings (SSSR count). The molecule has 2 nitrogen and oxygen atoms in total. The van der Waals surface area contributed by atoms with E-state index in [1.807, 2.05) is 0 Å². The van der Waals surface area contributed by atoms with Crippen LogP contribution in [-0.4, -0.2) is 16.8 Å². The quantitative estimate of drug-likeness (QED) is 0.648. The zero-order valence-corrected chi connectivity index (χ0v) is 11.9. The molecular formula is C13H12BrF4NO. The average Bonchev–Trinajstić information content (AvgIpc) is 2.32. The molecule has 110 valence electrons. The van der Waals surface area contributed by atoms with Crippen molar-refractivity contribution in [3.05, 3.63) is 35.1 Å². The molecule has 0 radical (unpaired) electrons. The summed E-state index contributed by atoms with van der Waals surface area (Å²) in [5, 5.41) is 3.26. The molecule has 1 amide bonds. The molecule has 0 bridgehead atoms. The van der Waals surface area contributed by atoms with E-state index in [0.717, 1.165) is 25.3 Å². The Labute approximate surface area is 121 Å². The van der Waals surface area contributed by atoms with Crippen LogP contribution < -0.4 is 5.32 Å². The molecule has 7 heteroatoms. The summed E-state index contributed by atoms with van der Waals surface area (Å²) >= 11 is 3.29. The first-order chi connectivity index (χ1) is 9.27. The molecule has 0 aliphatic heterocycles. The summed E-state index contributed by atoms with van der Waals surface area (Å²) < 4.78 is 50.9. The van der Waals surface area contributed by atoms with Gasteiger partial charge in [0.05, 0.1) is 11.1 Å². The minimum absolute atomic E-state index is 0.189. The summed E-state index contributed by atoms with van der Waals surface area (Å²) in [6.07, 6.45) is -2.30. The number of alkyl halides is 4. The number of hydrogen-bond donors (Lipinski definition) is 1. The SMILES string of the molecule is O=C(NC1(CBr)CCC1)c1ccc(F)c(C(F)(F)F)c1. The van der Waals surface area contributed by atoms with Crippen LogP contribution in [0.4, 0.5) is 17.6 Å². The second-order valence-corrected chi connectivity index (χ2v) is 5.47. The van der Waals surface area contributed by atoms with Crippen molar-refractivity contribution in [2.45, 2.75) is 31.0 Å². The van der Waals surface area contributed by atoms with Crippen molar-refractivity contribution in [1.82, 2.24) is 5.32 Å². The van der Waals surface area contributed by atoms with E-state index in [4.69, 9.17) is 0 Å². The third kappa shape index (κ3) is 2.97. The van der Waals surface area contributed by atoms with Gasteiger partial charge in [-0.1, -0.05) is 15.9 Å². The van der Waals surface area contributed by atoms with Crippen LogP contribution in [0, 0.1) is 5.82 Å². The number of carbonyl (C=O) groups is 1. The monoisotopic (exact) mass is 353 g/mol. The Hall–Kier alpha value is -1.11. The fourth-order valence-corrected chi connectivity index (χ4v) is 2.79. The number of carbonyl (C=O) groups excluding carboxylic acids is 1. The summed E-state index contributed by atoms with van der Waals surface area (Å²) in [6.45, 7) is 0. The van der Waals surface area contributed by atoms with Crippen LogP contribution in [0.1, 0.15) is 35.2 Å². The van der Waals surface area contributed by atoms with Crippen LogP contribution in [0.3, 0.4) is 0 Å². The van der Waals surface area contributed by atoms with Gasteiger partial charge in [0.25, 0.3) is 5.91 Å². The van der Waals surface area contributed by atoms with Crippen LogP contribution >= 0.6 is 15.9 Å². The lowest BCUT2D eigenvalue weighted by atomic mass is 9.78. The van der Waals surface area contributed by atoms with E-state index in [-0.39, 0.29) is 5.56 Å². The Morgan fingerprint density at radius 3 is 2.45 bits per heavy atom. The molecule has 0 atom stereocenters. The van der Waals surface area contributed by atoms with Gasteiger partial charge in [-0.05, 0) is 37.5 Å². The fraction of sp³-hybridized carbons (Fsp3) is 0.462. The van der Waals surface area contributed by atoms with Gasteiger partial charge in [0.2, 0.25) is 0 Å². The third-order valence-electron chi connectivity index (χ3n) is 3.48. The highest BCUT2D eigenvalue weighted by molar-refractivity contribution is 9.09. The summed E-state index contributed by atoms with van der Waals surface area (Å²) in [5.74, 6) is -2.00. The Kier molecular flexibility index (Phi) is 4.09. The van der Waals surface area contributed by atoms with Gasteiger partial charge in [-0.3, -0.25) is 4.79 Å². The second-order valence-electron chi connectivity index (χ2n) is 4.91. The average molecular weight is 354 g/mol. The molecule has 1 saturated carbocycles. The van der Waals surface area contributed by atoms with Crippen molar-refractivity contribution in [1.29, 1.82) is 0 Å². The molecular weight excluding hydrogens is 342 g/mol. The summed E-state index contributed by atoms with van der Waals surface area (Å²) in [6, 6.07) is 2.27. The molecule has 0 saturated heterocycles. The molecule has 0 heterocycles. The van der Waals surface area contributed by atoms with E-state index in [1.54, 1.807) is 0 Å². The van der Waals surface area contributed by atoms with E-state index >= 15 is 0 Å². The van der Waals surface area contributed by atoms with Gasteiger partial charge in [0.15, 0.2) is 0 Å². The normalized spacial score (nSPS) is 17.4. The van der Waals surface area contributed by atoms with Crippen LogP contribution in [0.15, 0.2) is 18.2 Å². The number of benzene rings is 1. The van der Waals surface area contributed by atoms with Gasteiger partial charge < -0.3 is 5.32 Å². The topological polar surface area (TPSA) is 29.1 Å². The molecule has 1 aliphatic rings. The van der Waals surface area contributed by atoms with Gasteiger partial charge in [-0.25, -0.2) is 4.39 Å². The number of rotatable bonds is 3. The standard InChI is InChI=1S/C13H12BrF4NO/c14-7-12(4-1-5-12)19-11(20)8-2-3-10(15)9(6-8)13(16,17)18/h2-3,6H,1,4-5,7H2,(H,19,20). The Morgan fingerprint density at radius 2 is 2.00 bits per heavy atom. The molecule has 0 spiro atoms. The lowest BCUT2D eigenvalue weighted by Crippen LogP contribution is -2.54. The molecule has 1 fully saturated rings. The molecule has 20 heavy (non-hydrogen) atoms. The van der Waals surface area contributed by atoms with E-state index in [1.165, 1.54) is 0 Å². The maximum absolute atomic E-state index is 13.2. The molecule has 0 unspecified atom stereocenters. The third-order valence-corrected chi connectivity index (χ3v) is 4.55. The zero-order chi connectivity index (χ0) is 15.0. The van der Waals surface area contributed by atoms with Crippen molar-refractivity contribution in [3.63, 3.8) is 0 Å². The van der Waals surface area contributed by atoms with Gasteiger partial charge in [-0.15, -0.1) is 0 Å². The van der Waals surface area contributed by atoms with Crippen molar-refractivity contribution < 1.29 is 22.4 Å². The largest absolute Gasteiger partial charge is 0.419 e. The van der Waals surface area contributed by atoms with Crippen LogP contribution in [-0.2, 0) is 6.18 Å². The maximum atomic E-state index is 13.2. The lowest BCUT2D eigenvalue weighted by molar-refractivity contribution is -0.140. The number of nitrogens with one attached hydrogen (secondary N) is 1. The predicted molar refractivity (Wildman–Crippen MR) is 69.2 cm³/mol. The summed E-state index contributed by atoms with van der Waals surface area (Å²) in [4.78, 5) is 12.0. The van der Waals surface area contributed by atoms with Crippen molar-refractivity contribution >= 4 is 21.8 Å². The molecule has 1 N–H and O–H groups in total. The van der Waals surface area contributed by atoms with Crippen molar-refractivity contribution in [2.24, 2.45) is 0 Å². The maximum Gasteiger partial charge on any atom is 0.419 e. The van der Waals surface area contributed by atoms with Gasteiger partial charge in [0.1, 0.15) is 5.82 Å². The van der Waals surface area contributed by atoms with Crippen molar-refractivity contribution in [2.75, 3.05) is 5.33 Å². The first-order valence-electron chi connectivity index (χ1n) is 6.03. The van der Waals surface area contributed by atoms with Gasteiger partial charge >= 0.3 is 6.18 Å². The Morgan fingerprint density at radius 1 is 1.35 bits per heavy atom. The predicted octanol–water partition coefficient (Wildman–Crippen LogP) is 3.89. The first-order valence-corrected chi connectivity index (χ1v) is 7.15. The molecule has 1 aromatic carbocycles. The fourth-order valence-electron chi connectivity index (χ4n) is 2.09. The van der Waals surface area contributed by atoms with E-state index in [2.05, 4.69) is 21.2 Å². The summed E-state index contributed by atoms with van der Waals surface area (Å²) in [7, 11) is 0. The van der Waals surface area contributed by atoms with Crippen LogP contribution in [0.25, 0.3) is 0 Å². The highest BCUT2D eigenvalue weighted by Crippen LogP contribution is 2.35. The first kappa shape index (κ1) is 15.3. The van der Waals surface area contributed by atoms with Crippen LogP contribution in [0.2, 0.25) is 0 Å². The van der Waals surface area contributed by atoms with E-state index < -0.39 is 29.0 Å². The van der Waals surface area contributed by atoms with Gasteiger partial charge in [-0.2, -0.15) is 13.2 Å². The highest BCUT2D eigenvalue weighted by Gasteiger charge is 2.38. The van der Waals surface area contributed by atoms with E-state index in [9.17, 15) is 22.4 Å². The minimum atomic E-state index is -4.82. The van der Waals surface area contributed by atoms with E-state index in [0.29, 0.717) is 17.5 Å². The molecule has 1 aliphatic carbocycles. The van der Waals surface area contributed by atoms with Crippen LogP contribution in [0.5, 0.6) is 0 Å². The zero-order valence-electron chi connectivity index (χ0n) is 10.4. The second kappa shape index (κ2) is 5.35. The van der Waals surface area contributed by atoms with Gasteiger partial charge in [0, 0.05) is 10.9 Å². The Balaban J connectivity index is 2.23. The minimum Gasteiger partial charge on any atom is -0.346 e. The highest BCUT2D eigenvalue weighted by atomic mass is 79.9. The smallest absolute Gasteiger partial charge is 0.346 e. The Bertz CT molecular complexity index is 520. The number of halogens is 5. The summed E-state index contributed by atoms with van der Waals surface area (Å²) in [5.41, 5.74) is -2.01. The molecule has 1 aromatic rings. The van der Waals surface area contributed by atoms with Crippen molar-refractivity contribution in [3.8, 4) is 0 Å². The molecule has 0 aromatic heterocycles. The number of amides is 1.